The second kappa shape index (κ2) is 5.39. The van der Waals surface area contributed by atoms with Crippen molar-refractivity contribution >= 4 is 33.8 Å². The minimum absolute atomic E-state index is 0.155. The molecule has 1 unspecified atom stereocenters. The lowest BCUT2D eigenvalue weighted by Gasteiger charge is -2.06. The second-order valence-corrected chi connectivity index (χ2v) is 6.24. The highest BCUT2D eigenvalue weighted by Crippen LogP contribution is 2.27. The Morgan fingerprint density at radius 2 is 1.74 bits per heavy atom. The molecule has 23 heavy (non-hydrogen) atoms. The van der Waals surface area contributed by atoms with Crippen molar-refractivity contribution in [2.24, 2.45) is 0 Å². The summed E-state index contributed by atoms with van der Waals surface area (Å²) in [7, 11) is 0. The molecule has 1 atom stereocenters. The summed E-state index contributed by atoms with van der Waals surface area (Å²) in [5.74, 6) is 1.56. The van der Waals surface area contributed by atoms with Crippen molar-refractivity contribution in [3.05, 3.63) is 58.8 Å². The molecule has 0 spiro atoms. The van der Waals surface area contributed by atoms with E-state index in [0.717, 1.165) is 34.5 Å². The molecule has 4 nitrogen and oxygen atoms in total. The van der Waals surface area contributed by atoms with Crippen LogP contribution in [0.15, 0.2) is 45.2 Å². The number of oxazole rings is 2. The largest absolute Gasteiger partial charge is 0.441 e. The molecule has 0 saturated heterocycles. The van der Waals surface area contributed by atoms with E-state index in [-0.39, 0.29) is 5.92 Å². The molecule has 4 rings (SSSR count). The van der Waals surface area contributed by atoms with Gasteiger partial charge in [0.15, 0.2) is 22.9 Å². The van der Waals surface area contributed by atoms with Gasteiger partial charge >= 0.3 is 0 Å². The Kier molecular flexibility index (Phi) is 3.34. The van der Waals surface area contributed by atoms with Gasteiger partial charge in [-0.3, -0.25) is 0 Å². The van der Waals surface area contributed by atoms with Crippen LogP contribution in [0, 0.1) is 6.92 Å². The van der Waals surface area contributed by atoms with Crippen LogP contribution in [0.5, 0.6) is 0 Å². The Bertz CT molecular complexity index is 1000. The number of halogens is 1. The van der Waals surface area contributed by atoms with E-state index >= 15 is 0 Å². The lowest BCUT2D eigenvalue weighted by molar-refractivity contribution is 0.484. The first-order valence-electron chi connectivity index (χ1n) is 7.50. The fourth-order valence-electron chi connectivity index (χ4n) is 2.78. The number of hydrogen-bond acceptors (Lipinski definition) is 4. The molecule has 0 bridgehead atoms. The number of aromatic nitrogens is 2. The van der Waals surface area contributed by atoms with Crippen LogP contribution in [0.2, 0.25) is 5.02 Å². The molecule has 2 aromatic heterocycles. The maximum atomic E-state index is 5.99. The lowest BCUT2D eigenvalue weighted by Crippen LogP contribution is -1.98. The summed E-state index contributed by atoms with van der Waals surface area (Å²) in [5.41, 5.74) is 4.42. The van der Waals surface area contributed by atoms with Crippen LogP contribution >= 0.6 is 11.6 Å². The van der Waals surface area contributed by atoms with Gasteiger partial charge in [-0.2, -0.15) is 0 Å². The van der Waals surface area contributed by atoms with Crippen LogP contribution in [-0.4, -0.2) is 9.97 Å². The molecule has 0 N–H and O–H groups in total. The van der Waals surface area contributed by atoms with Crippen molar-refractivity contribution < 1.29 is 8.83 Å². The van der Waals surface area contributed by atoms with Crippen LogP contribution < -0.4 is 0 Å². The summed E-state index contributed by atoms with van der Waals surface area (Å²) in [6, 6.07) is 11.6. The molecule has 5 heteroatoms. The molecule has 0 aliphatic heterocycles. The van der Waals surface area contributed by atoms with Crippen LogP contribution in [-0.2, 0) is 6.42 Å². The van der Waals surface area contributed by atoms with Crippen LogP contribution in [0.4, 0.5) is 0 Å². The van der Waals surface area contributed by atoms with Crippen molar-refractivity contribution in [1.82, 2.24) is 9.97 Å². The zero-order valence-corrected chi connectivity index (χ0v) is 13.6. The number of fused-ring (bicyclic) bond motifs is 2. The second-order valence-electron chi connectivity index (χ2n) is 5.80. The molecule has 0 radical (unpaired) electrons. The average molecular weight is 327 g/mol. The van der Waals surface area contributed by atoms with E-state index in [0.29, 0.717) is 10.9 Å². The predicted octanol–water partition coefficient (Wildman–Crippen LogP) is 5.28. The van der Waals surface area contributed by atoms with Gasteiger partial charge in [0, 0.05) is 23.9 Å². The van der Waals surface area contributed by atoms with E-state index in [4.69, 9.17) is 20.4 Å². The van der Waals surface area contributed by atoms with E-state index in [1.165, 1.54) is 5.56 Å². The van der Waals surface area contributed by atoms with Crippen LogP contribution in [0.25, 0.3) is 22.2 Å². The van der Waals surface area contributed by atoms with E-state index in [1.807, 2.05) is 31.2 Å². The van der Waals surface area contributed by atoms with Gasteiger partial charge in [-0.05, 0) is 36.2 Å². The van der Waals surface area contributed by atoms with Crippen molar-refractivity contribution in [3.8, 4) is 0 Å². The van der Waals surface area contributed by atoms with Gasteiger partial charge in [-0.25, -0.2) is 9.97 Å². The van der Waals surface area contributed by atoms with Gasteiger partial charge in [0.2, 0.25) is 0 Å². The van der Waals surface area contributed by atoms with Gasteiger partial charge in [0.1, 0.15) is 11.0 Å². The number of aryl methyl sites for hydroxylation is 1. The third-order valence-corrected chi connectivity index (χ3v) is 4.13. The van der Waals surface area contributed by atoms with Gasteiger partial charge in [-0.15, -0.1) is 0 Å². The summed E-state index contributed by atoms with van der Waals surface area (Å²) in [4.78, 5) is 8.87. The molecule has 0 aliphatic carbocycles. The van der Waals surface area contributed by atoms with Crippen LogP contribution in [0.3, 0.4) is 0 Å². The fourth-order valence-corrected chi connectivity index (χ4v) is 2.94. The van der Waals surface area contributed by atoms with Gasteiger partial charge in [-0.1, -0.05) is 24.6 Å². The summed E-state index contributed by atoms with van der Waals surface area (Å²) in [5, 5.41) is 0.652. The van der Waals surface area contributed by atoms with E-state index in [1.54, 1.807) is 6.07 Å². The monoisotopic (exact) mass is 326 g/mol. The highest BCUT2D eigenvalue weighted by atomic mass is 35.5. The zero-order valence-electron chi connectivity index (χ0n) is 12.8. The summed E-state index contributed by atoms with van der Waals surface area (Å²) >= 11 is 5.99. The topological polar surface area (TPSA) is 52.1 Å². The van der Waals surface area contributed by atoms with Crippen molar-refractivity contribution in [2.75, 3.05) is 0 Å². The normalized spacial score (nSPS) is 13.0. The maximum absolute atomic E-state index is 5.99. The molecule has 4 aromatic rings. The first kappa shape index (κ1) is 14.3. The first-order valence-corrected chi connectivity index (χ1v) is 7.88. The molecule has 0 fully saturated rings. The van der Waals surface area contributed by atoms with E-state index in [9.17, 15) is 0 Å². The predicted molar refractivity (Wildman–Crippen MR) is 89.9 cm³/mol. The number of rotatable bonds is 3. The summed E-state index contributed by atoms with van der Waals surface area (Å²) in [6.45, 7) is 3.95. The van der Waals surface area contributed by atoms with Crippen LogP contribution in [0.1, 0.15) is 30.2 Å². The highest BCUT2D eigenvalue weighted by Gasteiger charge is 2.15. The quantitative estimate of drug-likeness (QED) is 0.514. The molecule has 2 aromatic carbocycles. The number of nitrogens with zero attached hydrogens (tertiary/aromatic N) is 2. The molecule has 116 valence electrons. The lowest BCUT2D eigenvalue weighted by atomic mass is 10.0. The van der Waals surface area contributed by atoms with Crippen molar-refractivity contribution in [1.29, 1.82) is 0 Å². The Hall–Kier alpha value is -2.33. The summed E-state index contributed by atoms with van der Waals surface area (Å²) < 4.78 is 11.4. The minimum Gasteiger partial charge on any atom is -0.441 e. The Morgan fingerprint density at radius 1 is 1.00 bits per heavy atom. The van der Waals surface area contributed by atoms with E-state index < -0.39 is 0 Å². The Morgan fingerprint density at radius 3 is 2.61 bits per heavy atom. The number of benzene rings is 2. The third kappa shape index (κ3) is 2.70. The van der Waals surface area contributed by atoms with Gasteiger partial charge < -0.3 is 8.83 Å². The zero-order chi connectivity index (χ0) is 16.0. The average Bonchev–Trinajstić information content (AvgIpc) is 3.08. The van der Waals surface area contributed by atoms with Gasteiger partial charge in [0.25, 0.3) is 0 Å². The molecular weight excluding hydrogens is 312 g/mol. The third-order valence-electron chi connectivity index (χ3n) is 3.89. The molecule has 0 saturated carbocycles. The van der Waals surface area contributed by atoms with Gasteiger partial charge in [0.05, 0.1) is 0 Å². The highest BCUT2D eigenvalue weighted by molar-refractivity contribution is 6.31. The molecule has 0 aliphatic rings. The Balaban J connectivity index is 1.62. The van der Waals surface area contributed by atoms with E-state index in [2.05, 4.69) is 23.0 Å². The fraction of sp³-hybridized carbons (Fsp3) is 0.222. The molecule has 2 heterocycles. The maximum Gasteiger partial charge on any atom is 0.198 e. The van der Waals surface area contributed by atoms with Crippen molar-refractivity contribution in [3.63, 3.8) is 0 Å². The number of hydrogen-bond donors (Lipinski definition) is 0. The molecular formula is C18H15ClN2O2. The molecule has 0 amide bonds. The Labute approximate surface area is 138 Å². The first-order chi connectivity index (χ1) is 11.1. The standard InChI is InChI=1S/C18H15ClN2O2/c1-10(18-21-15-6-4-13(19)9-17(15)23-18)7-12-3-5-14-16(8-12)22-11(2)20-14/h3-6,8-10H,7H2,1-2H3. The SMILES string of the molecule is Cc1nc2ccc(CC(C)c3nc4ccc(Cl)cc4o3)cc2o1. The minimum atomic E-state index is 0.155. The summed E-state index contributed by atoms with van der Waals surface area (Å²) in [6.07, 6.45) is 0.816. The smallest absolute Gasteiger partial charge is 0.198 e. The van der Waals surface area contributed by atoms with Crippen molar-refractivity contribution in [2.45, 2.75) is 26.2 Å².